The van der Waals surface area contributed by atoms with E-state index >= 15 is 0 Å². The van der Waals surface area contributed by atoms with Gasteiger partial charge >= 0.3 is 11.6 Å². The molecule has 6 rings (SSSR count). The van der Waals surface area contributed by atoms with E-state index in [1.54, 1.807) is 36.4 Å². The van der Waals surface area contributed by atoms with Crippen LogP contribution in [0.4, 0.5) is 0 Å². The number of rotatable bonds is 5. The fourth-order valence-corrected chi connectivity index (χ4v) is 4.06. The van der Waals surface area contributed by atoms with Crippen LogP contribution in [0.15, 0.2) is 128 Å². The van der Waals surface area contributed by atoms with Crippen LogP contribution in [-0.4, -0.2) is 5.97 Å². The Balaban J connectivity index is 1.22. The lowest BCUT2D eigenvalue weighted by Crippen LogP contribution is -2.18. The van der Waals surface area contributed by atoms with E-state index < -0.39 is 11.6 Å². The number of para-hydroxylation sites is 1. The molecular formula is C31H18O7. The fourth-order valence-electron chi connectivity index (χ4n) is 4.06. The Morgan fingerprint density at radius 1 is 0.684 bits per heavy atom. The molecule has 0 saturated carbocycles. The van der Waals surface area contributed by atoms with Crippen molar-refractivity contribution in [3.05, 3.63) is 136 Å². The summed E-state index contributed by atoms with van der Waals surface area (Å²) in [5.74, 6) is -0.284. The van der Waals surface area contributed by atoms with Crippen LogP contribution >= 0.6 is 0 Å². The van der Waals surface area contributed by atoms with Gasteiger partial charge in [-0.25, -0.2) is 9.59 Å². The molecule has 184 valence electrons. The maximum absolute atomic E-state index is 13.0. The minimum atomic E-state index is -0.884. The predicted molar refractivity (Wildman–Crippen MR) is 142 cm³/mol. The average Bonchev–Trinajstić information content (AvgIpc) is 2.95. The predicted octanol–water partition coefficient (Wildman–Crippen LogP) is 6.58. The summed E-state index contributed by atoms with van der Waals surface area (Å²) in [4.78, 5) is 37.9. The number of fused-ring (bicyclic) bond motifs is 2. The fraction of sp³-hybridized carbons (Fsp3) is 0. The van der Waals surface area contributed by atoms with Crippen LogP contribution in [0.2, 0.25) is 0 Å². The number of hydrogen-bond acceptors (Lipinski definition) is 7. The summed E-state index contributed by atoms with van der Waals surface area (Å²) >= 11 is 0. The van der Waals surface area contributed by atoms with Gasteiger partial charge in [0.1, 0.15) is 34.5 Å². The highest BCUT2D eigenvalue weighted by Crippen LogP contribution is 2.27. The second-order valence-corrected chi connectivity index (χ2v) is 8.45. The van der Waals surface area contributed by atoms with Crippen molar-refractivity contribution in [2.24, 2.45) is 0 Å². The van der Waals surface area contributed by atoms with Gasteiger partial charge in [0.05, 0.1) is 5.39 Å². The third kappa shape index (κ3) is 4.44. The molecule has 0 saturated heterocycles. The van der Waals surface area contributed by atoms with E-state index in [0.717, 1.165) is 11.1 Å². The highest BCUT2D eigenvalue weighted by Gasteiger charge is 2.17. The Bertz CT molecular complexity index is 1920. The van der Waals surface area contributed by atoms with Gasteiger partial charge in [0.15, 0.2) is 0 Å². The van der Waals surface area contributed by atoms with Crippen molar-refractivity contribution in [3.8, 4) is 28.4 Å². The third-order valence-corrected chi connectivity index (χ3v) is 5.98. The van der Waals surface area contributed by atoms with Crippen molar-refractivity contribution in [2.45, 2.75) is 0 Å². The lowest BCUT2D eigenvalue weighted by atomic mass is 10.1. The maximum atomic E-state index is 13.0. The van der Waals surface area contributed by atoms with Gasteiger partial charge in [0, 0.05) is 11.5 Å². The van der Waals surface area contributed by atoms with Gasteiger partial charge in [0.2, 0.25) is 11.2 Å². The van der Waals surface area contributed by atoms with Crippen molar-refractivity contribution < 1.29 is 23.1 Å². The standard InChI is InChI=1S/C31H18O7/c32-29-24-15-14-23(37-30(33)25-16-21-8-4-5-9-26(21)38-31(25)34)17-27(24)35-18-28(29)36-22-12-10-20(11-13-22)19-6-2-1-3-7-19/h1-18H. The third-order valence-electron chi connectivity index (χ3n) is 5.98. The number of esters is 1. The van der Waals surface area contributed by atoms with Gasteiger partial charge in [-0.05, 0) is 47.5 Å². The summed E-state index contributed by atoms with van der Waals surface area (Å²) in [7, 11) is 0. The molecule has 0 aliphatic carbocycles. The topological polar surface area (TPSA) is 96.0 Å². The molecule has 0 aliphatic rings. The molecular weight excluding hydrogens is 484 g/mol. The minimum absolute atomic E-state index is 0.0171. The highest BCUT2D eigenvalue weighted by molar-refractivity contribution is 5.94. The van der Waals surface area contributed by atoms with E-state index in [9.17, 15) is 14.4 Å². The molecule has 0 spiro atoms. The van der Waals surface area contributed by atoms with E-state index in [4.69, 9.17) is 18.3 Å². The summed E-state index contributed by atoms with van der Waals surface area (Å²) in [6, 6.07) is 29.8. The maximum Gasteiger partial charge on any atom is 0.351 e. The molecule has 0 bridgehead atoms. The van der Waals surface area contributed by atoms with Crippen molar-refractivity contribution in [2.75, 3.05) is 0 Å². The van der Waals surface area contributed by atoms with Crippen molar-refractivity contribution in [1.82, 2.24) is 0 Å². The van der Waals surface area contributed by atoms with Crippen molar-refractivity contribution in [3.63, 3.8) is 0 Å². The Morgan fingerprint density at radius 3 is 2.21 bits per heavy atom. The molecule has 0 amide bonds. The molecule has 2 heterocycles. The van der Waals surface area contributed by atoms with E-state index in [1.165, 1.54) is 30.5 Å². The van der Waals surface area contributed by atoms with Crippen molar-refractivity contribution >= 4 is 27.9 Å². The first-order chi connectivity index (χ1) is 18.5. The summed E-state index contributed by atoms with van der Waals surface area (Å²) < 4.78 is 21.9. The zero-order valence-corrected chi connectivity index (χ0v) is 19.8. The number of carbonyl (C=O) groups is 1. The Kier molecular flexibility index (Phi) is 5.78. The molecule has 0 aliphatic heterocycles. The molecule has 0 radical (unpaired) electrons. The summed E-state index contributed by atoms with van der Waals surface area (Å²) in [5.41, 5.74) is 1.22. The second kappa shape index (κ2) is 9.55. The Morgan fingerprint density at radius 2 is 1.39 bits per heavy atom. The van der Waals surface area contributed by atoms with Gasteiger partial charge in [-0.2, -0.15) is 0 Å². The van der Waals surface area contributed by atoms with Crippen LogP contribution in [-0.2, 0) is 0 Å². The van der Waals surface area contributed by atoms with Crippen LogP contribution in [0.1, 0.15) is 10.4 Å². The molecule has 6 aromatic rings. The molecule has 0 atom stereocenters. The first-order valence-electron chi connectivity index (χ1n) is 11.7. The molecule has 7 heteroatoms. The van der Waals surface area contributed by atoms with Gasteiger partial charge in [-0.3, -0.25) is 4.79 Å². The molecule has 0 unspecified atom stereocenters. The lowest BCUT2D eigenvalue weighted by molar-refractivity contribution is 0.0730. The smallest absolute Gasteiger partial charge is 0.351 e. The van der Waals surface area contributed by atoms with E-state index in [1.807, 2.05) is 42.5 Å². The van der Waals surface area contributed by atoms with Crippen LogP contribution in [0.5, 0.6) is 17.2 Å². The quantitative estimate of drug-likeness (QED) is 0.149. The molecule has 38 heavy (non-hydrogen) atoms. The summed E-state index contributed by atoms with van der Waals surface area (Å²) in [6.07, 6.45) is 1.21. The van der Waals surface area contributed by atoms with E-state index in [0.29, 0.717) is 16.7 Å². The van der Waals surface area contributed by atoms with Gasteiger partial charge in [-0.15, -0.1) is 0 Å². The van der Waals surface area contributed by atoms with Crippen LogP contribution in [0, 0.1) is 0 Å². The van der Waals surface area contributed by atoms with Crippen LogP contribution in [0.25, 0.3) is 33.1 Å². The first-order valence-corrected chi connectivity index (χ1v) is 11.7. The van der Waals surface area contributed by atoms with Gasteiger partial charge < -0.3 is 18.3 Å². The second-order valence-electron chi connectivity index (χ2n) is 8.45. The zero-order valence-electron chi connectivity index (χ0n) is 19.8. The monoisotopic (exact) mass is 502 g/mol. The molecule has 0 fully saturated rings. The SMILES string of the molecule is O=C(Oc1ccc2c(=O)c(Oc3ccc(-c4ccccc4)cc3)coc2c1)c1cc2ccccc2oc1=O. The van der Waals surface area contributed by atoms with Crippen molar-refractivity contribution in [1.29, 1.82) is 0 Å². The number of benzene rings is 4. The average molecular weight is 502 g/mol. The molecule has 0 N–H and O–H groups in total. The normalized spacial score (nSPS) is 10.9. The molecule has 2 aromatic heterocycles. The number of ether oxygens (including phenoxy) is 2. The first kappa shape index (κ1) is 23.0. The van der Waals surface area contributed by atoms with E-state index in [2.05, 4.69) is 0 Å². The van der Waals surface area contributed by atoms with E-state index in [-0.39, 0.29) is 33.5 Å². The van der Waals surface area contributed by atoms with Gasteiger partial charge in [-0.1, -0.05) is 60.7 Å². The van der Waals surface area contributed by atoms with Crippen LogP contribution < -0.4 is 20.5 Å². The van der Waals surface area contributed by atoms with Crippen LogP contribution in [0.3, 0.4) is 0 Å². The largest absolute Gasteiger partial charge is 0.460 e. The molecule has 7 nitrogen and oxygen atoms in total. The lowest BCUT2D eigenvalue weighted by Gasteiger charge is -2.08. The Hall–Kier alpha value is -5.43. The number of carbonyl (C=O) groups excluding carboxylic acids is 1. The van der Waals surface area contributed by atoms with Gasteiger partial charge in [0.25, 0.3) is 0 Å². The number of hydrogen-bond donors (Lipinski definition) is 0. The molecule has 4 aromatic carbocycles. The summed E-state index contributed by atoms with van der Waals surface area (Å²) in [5, 5.41) is 0.833. The highest BCUT2D eigenvalue weighted by atomic mass is 16.5. The summed E-state index contributed by atoms with van der Waals surface area (Å²) in [6.45, 7) is 0. The Labute approximate surface area is 215 Å². The minimum Gasteiger partial charge on any atom is -0.460 e. The zero-order chi connectivity index (χ0) is 26.1.